The Morgan fingerprint density at radius 1 is 1.25 bits per heavy atom. The maximum absolute atomic E-state index is 12.9. The number of amides is 1. The Morgan fingerprint density at radius 3 is 2.96 bits per heavy atom. The summed E-state index contributed by atoms with van der Waals surface area (Å²) in [6.07, 6.45) is 4.79. The molecule has 2 heterocycles. The lowest BCUT2D eigenvalue weighted by Gasteiger charge is -2.47. The Kier molecular flexibility index (Phi) is 4.21. The second kappa shape index (κ2) is 6.23. The standard InChI is InChI=1S/C18H22BrNO4/c19-14-9-12(10-15-16(14)24-8-7-23-15)17(21)20-6-5-18(22)4-2-1-3-13(18)11-20/h9-10,13,22H,1-8,11H2/t13-,18-/m1/s1. The molecule has 2 fully saturated rings. The molecule has 6 heteroatoms. The van der Waals surface area contributed by atoms with Crippen LogP contribution in [-0.4, -0.2) is 47.8 Å². The third-order valence-corrected chi connectivity index (χ3v) is 6.15. The second-order valence-corrected chi connectivity index (χ2v) is 7.88. The zero-order chi connectivity index (χ0) is 16.7. The number of rotatable bonds is 1. The average molecular weight is 396 g/mol. The van der Waals surface area contributed by atoms with Crippen molar-refractivity contribution >= 4 is 21.8 Å². The molecule has 4 rings (SSSR count). The van der Waals surface area contributed by atoms with Gasteiger partial charge in [-0.3, -0.25) is 4.79 Å². The van der Waals surface area contributed by atoms with E-state index in [0.29, 0.717) is 49.8 Å². The summed E-state index contributed by atoms with van der Waals surface area (Å²) in [6.45, 7) is 2.26. The first kappa shape index (κ1) is 16.2. The molecule has 130 valence electrons. The van der Waals surface area contributed by atoms with E-state index in [2.05, 4.69) is 15.9 Å². The Labute approximate surface area is 150 Å². The van der Waals surface area contributed by atoms with Crippen molar-refractivity contribution in [3.8, 4) is 11.5 Å². The van der Waals surface area contributed by atoms with Gasteiger partial charge in [-0.25, -0.2) is 0 Å². The van der Waals surface area contributed by atoms with E-state index in [-0.39, 0.29) is 11.8 Å². The molecule has 2 atom stereocenters. The summed E-state index contributed by atoms with van der Waals surface area (Å²) in [6, 6.07) is 3.57. The number of ether oxygens (including phenoxy) is 2. The van der Waals surface area contributed by atoms with Crippen LogP contribution in [0.5, 0.6) is 11.5 Å². The van der Waals surface area contributed by atoms with Crippen molar-refractivity contribution in [3.05, 3.63) is 22.2 Å². The first-order valence-electron chi connectivity index (χ1n) is 8.68. The lowest BCUT2D eigenvalue weighted by atomic mass is 9.71. The van der Waals surface area contributed by atoms with Gasteiger partial charge in [0.25, 0.3) is 5.91 Å². The average Bonchev–Trinajstić information content (AvgIpc) is 2.60. The molecule has 1 saturated heterocycles. The molecule has 1 aliphatic carbocycles. The zero-order valence-electron chi connectivity index (χ0n) is 13.6. The highest BCUT2D eigenvalue weighted by molar-refractivity contribution is 9.10. The van der Waals surface area contributed by atoms with E-state index in [4.69, 9.17) is 9.47 Å². The van der Waals surface area contributed by atoms with Gasteiger partial charge in [0.2, 0.25) is 0 Å². The third kappa shape index (κ3) is 2.80. The maximum atomic E-state index is 12.9. The highest BCUT2D eigenvalue weighted by Gasteiger charge is 2.43. The topological polar surface area (TPSA) is 59.0 Å². The van der Waals surface area contributed by atoms with Gasteiger partial charge in [-0.2, -0.15) is 0 Å². The van der Waals surface area contributed by atoms with Gasteiger partial charge in [-0.15, -0.1) is 0 Å². The lowest BCUT2D eigenvalue weighted by molar-refractivity contribution is -0.0886. The largest absolute Gasteiger partial charge is 0.486 e. The molecule has 3 aliphatic rings. The van der Waals surface area contributed by atoms with Gasteiger partial charge in [-0.1, -0.05) is 12.8 Å². The molecule has 0 spiro atoms. The van der Waals surface area contributed by atoms with Crippen molar-refractivity contribution in [2.75, 3.05) is 26.3 Å². The van der Waals surface area contributed by atoms with Crippen LogP contribution >= 0.6 is 15.9 Å². The molecule has 1 saturated carbocycles. The summed E-state index contributed by atoms with van der Waals surface area (Å²) >= 11 is 3.47. The Hall–Kier alpha value is -1.27. The van der Waals surface area contributed by atoms with Crippen LogP contribution in [0.25, 0.3) is 0 Å². The summed E-state index contributed by atoms with van der Waals surface area (Å²) < 4.78 is 12.0. The number of carbonyl (C=O) groups excluding carboxylic acids is 1. The molecule has 1 aromatic rings. The molecular weight excluding hydrogens is 374 g/mol. The summed E-state index contributed by atoms with van der Waals surface area (Å²) in [5.74, 6) is 1.48. The van der Waals surface area contributed by atoms with Gasteiger partial charge < -0.3 is 19.5 Å². The fraction of sp³-hybridized carbons (Fsp3) is 0.611. The van der Waals surface area contributed by atoms with Crippen LogP contribution in [0.3, 0.4) is 0 Å². The normalized spacial score (nSPS) is 29.1. The fourth-order valence-corrected chi connectivity index (χ4v) is 4.73. The predicted octanol–water partition coefficient (Wildman–Crippen LogP) is 2.99. The number of nitrogens with zero attached hydrogens (tertiary/aromatic N) is 1. The Morgan fingerprint density at radius 2 is 2.08 bits per heavy atom. The highest BCUT2D eigenvalue weighted by atomic mass is 79.9. The first-order valence-corrected chi connectivity index (χ1v) is 9.47. The summed E-state index contributed by atoms with van der Waals surface area (Å²) in [4.78, 5) is 14.8. The van der Waals surface area contributed by atoms with Gasteiger partial charge in [0.15, 0.2) is 11.5 Å². The minimum Gasteiger partial charge on any atom is -0.486 e. The van der Waals surface area contributed by atoms with Crippen molar-refractivity contribution in [1.29, 1.82) is 0 Å². The summed E-state index contributed by atoms with van der Waals surface area (Å²) in [7, 11) is 0. The highest BCUT2D eigenvalue weighted by Crippen LogP contribution is 2.41. The number of carbonyl (C=O) groups is 1. The van der Waals surface area contributed by atoms with Crippen molar-refractivity contribution in [2.24, 2.45) is 5.92 Å². The number of likely N-dealkylation sites (tertiary alicyclic amines) is 1. The lowest BCUT2D eigenvalue weighted by Crippen LogP contribution is -2.54. The van der Waals surface area contributed by atoms with Crippen LogP contribution in [0.4, 0.5) is 0 Å². The second-order valence-electron chi connectivity index (χ2n) is 7.03. The van der Waals surface area contributed by atoms with Crippen molar-refractivity contribution in [3.63, 3.8) is 0 Å². The summed E-state index contributed by atoms with van der Waals surface area (Å²) in [5, 5.41) is 10.8. The molecule has 0 aromatic heterocycles. The van der Waals surface area contributed by atoms with E-state index in [0.717, 1.165) is 30.2 Å². The predicted molar refractivity (Wildman–Crippen MR) is 92.6 cm³/mol. The van der Waals surface area contributed by atoms with Crippen LogP contribution in [0.1, 0.15) is 42.5 Å². The molecule has 0 unspecified atom stereocenters. The van der Waals surface area contributed by atoms with Crippen LogP contribution in [-0.2, 0) is 0 Å². The van der Waals surface area contributed by atoms with Crippen LogP contribution in [0, 0.1) is 5.92 Å². The quantitative estimate of drug-likeness (QED) is 0.793. The molecule has 1 N–H and O–H groups in total. The van der Waals surface area contributed by atoms with Crippen molar-refractivity contribution in [1.82, 2.24) is 4.90 Å². The molecule has 24 heavy (non-hydrogen) atoms. The Balaban J connectivity index is 1.55. The van der Waals surface area contributed by atoms with Crippen LogP contribution in [0.15, 0.2) is 16.6 Å². The zero-order valence-corrected chi connectivity index (χ0v) is 15.2. The minimum atomic E-state index is -0.567. The number of benzene rings is 1. The number of halogens is 1. The van der Waals surface area contributed by atoms with Gasteiger partial charge in [-0.05, 0) is 47.3 Å². The number of hydrogen-bond donors (Lipinski definition) is 1. The van der Waals surface area contributed by atoms with Crippen LogP contribution in [0.2, 0.25) is 0 Å². The van der Waals surface area contributed by atoms with Gasteiger partial charge in [0.1, 0.15) is 13.2 Å². The molecule has 2 aliphatic heterocycles. The number of aliphatic hydroxyl groups is 1. The molecule has 0 bridgehead atoms. The van der Waals surface area contributed by atoms with E-state index in [1.54, 1.807) is 12.1 Å². The number of hydrogen-bond acceptors (Lipinski definition) is 4. The monoisotopic (exact) mass is 395 g/mol. The molecule has 5 nitrogen and oxygen atoms in total. The van der Waals surface area contributed by atoms with E-state index < -0.39 is 5.60 Å². The smallest absolute Gasteiger partial charge is 0.254 e. The number of piperidine rings is 1. The first-order chi connectivity index (χ1) is 11.6. The Bertz CT molecular complexity index is 665. The third-order valence-electron chi connectivity index (χ3n) is 5.56. The van der Waals surface area contributed by atoms with Gasteiger partial charge in [0, 0.05) is 24.6 Å². The molecular formula is C18H22BrNO4. The van der Waals surface area contributed by atoms with E-state index in [1.165, 1.54) is 0 Å². The van der Waals surface area contributed by atoms with E-state index in [1.807, 2.05) is 4.90 Å². The maximum Gasteiger partial charge on any atom is 0.254 e. The van der Waals surface area contributed by atoms with Gasteiger partial charge in [0.05, 0.1) is 10.1 Å². The molecule has 1 amide bonds. The fourth-order valence-electron chi connectivity index (χ4n) is 4.17. The molecule has 1 aromatic carbocycles. The minimum absolute atomic E-state index is 0.000275. The van der Waals surface area contributed by atoms with Gasteiger partial charge >= 0.3 is 0 Å². The van der Waals surface area contributed by atoms with E-state index >= 15 is 0 Å². The van der Waals surface area contributed by atoms with Crippen LogP contribution < -0.4 is 9.47 Å². The van der Waals surface area contributed by atoms with E-state index in [9.17, 15) is 9.90 Å². The molecule has 0 radical (unpaired) electrons. The van der Waals surface area contributed by atoms with Crippen molar-refractivity contribution in [2.45, 2.75) is 37.7 Å². The summed E-state index contributed by atoms with van der Waals surface area (Å²) in [5.41, 5.74) is 0.0370. The number of fused-ring (bicyclic) bond motifs is 2. The SMILES string of the molecule is O=C(c1cc(Br)c2c(c1)OCCO2)N1CC[C@]2(O)CCCC[C@@H]2C1. The van der Waals surface area contributed by atoms with Crippen molar-refractivity contribution < 1.29 is 19.4 Å².